The van der Waals surface area contributed by atoms with Crippen molar-refractivity contribution < 1.29 is 21.8 Å². The fraction of sp³-hybridized carbons (Fsp3) is 0.250. The van der Waals surface area contributed by atoms with E-state index in [-0.39, 0.29) is 0 Å². The highest BCUT2D eigenvalue weighted by Crippen LogP contribution is 2.06. The highest BCUT2D eigenvalue weighted by atomic mass is 19.5. The lowest BCUT2D eigenvalue weighted by molar-refractivity contribution is -0.670. The molecule has 0 aliphatic carbocycles. The van der Waals surface area contributed by atoms with Crippen molar-refractivity contribution in [1.29, 1.82) is 0 Å². The van der Waals surface area contributed by atoms with Gasteiger partial charge in [-0.15, -0.1) is 4.68 Å². The third kappa shape index (κ3) is 8.79. The fourth-order valence-corrected chi connectivity index (χ4v) is 0.469. The minimum Gasteiger partial charge on any atom is -0.418 e. The van der Waals surface area contributed by atoms with Gasteiger partial charge in [-0.25, -0.2) is 4.57 Å². The van der Waals surface area contributed by atoms with Crippen LogP contribution in [0.25, 0.3) is 0 Å². The molecule has 2 N–H and O–H groups in total. The monoisotopic (exact) mass is 185 g/mol. The van der Waals surface area contributed by atoms with Crippen LogP contribution in [0.3, 0.4) is 0 Å². The molecular weight excluding hydrogens is 177 g/mol. The summed E-state index contributed by atoms with van der Waals surface area (Å²) in [7, 11) is -4.08. The topological polar surface area (TPSA) is 34.8 Å². The predicted octanol–water partition coefficient (Wildman–Crippen LogP) is 0.326. The van der Waals surface area contributed by atoms with E-state index in [9.17, 15) is 17.3 Å². The Labute approximate surface area is 66.5 Å². The van der Waals surface area contributed by atoms with E-state index in [1.54, 1.807) is 12.5 Å². The van der Waals surface area contributed by atoms with E-state index in [1.165, 1.54) is 4.68 Å². The fourth-order valence-electron chi connectivity index (χ4n) is 0.469. The molecule has 12 heavy (non-hydrogen) atoms. The molecule has 0 atom stereocenters. The van der Waals surface area contributed by atoms with Gasteiger partial charge in [0.2, 0.25) is 0 Å². The van der Waals surface area contributed by atoms with E-state index in [0.29, 0.717) is 0 Å². The Morgan fingerprint density at radius 1 is 1.33 bits per heavy atom. The van der Waals surface area contributed by atoms with E-state index in [4.69, 9.17) is 5.84 Å². The van der Waals surface area contributed by atoms with Crippen LogP contribution in [0.1, 0.15) is 0 Å². The summed E-state index contributed by atoms with van der Waals surface area (Å²) in [6.07, 6.45) is 5.43. The summed E-state index contributed by atoms with van der Waals surface area (Å²) in [6.45, 7) is 0. The van der Waals surface area contributed by atoms with Crippen molar-refractivity contribution in [1.82, 2.24) is 4.68 Å². The van der Waals surface area contributed by atoms with Gasteiger partial charge in [0.15, 0.2) is 6.20 Å². The van der Waals surface area contributed by atoms with E-state index in [0.717, 1.165) is 0 Å². The highest BCUT2D eigenvalue weighted by Gasteiger charge is 2.20. The number of nitrogens with zero attached hydrogens (tertiary/aromatic N) is 2. The minimum atomic E-state index is -6.00. The second-order valence-corrected chi connectivity index (χ2v) is 2.02. The van der Waals surface area contributed by atoms with Gasteiger partial charge in [-0.05, 0) is 0 Å². The molecule has 0 radical (unpaired) electrons. The second kappa shape index (κ2) is 3.98. The molecule has 0 aliphatic rings. The standard InChI is InChI=1S/C4H8N3.BF4/c1-6-2-3-7(5)4-6;2-1(3,4)5/h2-4H,5H2,1H3;/q+1;-1. The molecule has 0 spiro atoms. The number of aryl methyl sites for hydroxylation is 1. The molecule has 1 aromatic rings. The summed E-state index contributed by atoms with van der Waals surface area (Å²) in [5.74, 6) is 5.27. The molecule has 0 unspecified atom stereocenters. The number of nitrogen functional groups attached to an aromatic ring is 1. The maximum atomic E-state index is 9.75. The number of hydrogen-bond donors (Lipinski definition) is 1. The smallest absolute Gasteiger partial charge is 0.418 e. The van der Waals surface area contributed by atoms with E-state index in [2.05, 4.69) is 0 Å². The molecule has 0 saturated carbocycles. The van der Waals surface area contributed by atoms with Crippen LogP contribution >= 0.6 is 0 Å². The van der Waals surface area contributed by atoms with Crippen molar-refractivity contribution in [2.75, 3.05) is 5.84 Å². The Balaban J connectivity index is 0.000000217. The average molecular weight is 185 g/mol. The van der Waals surface area contributed by atoms with Crippen LogP contribution in [0, 0.1) is 0 Å². The molecule has 1 aromatic heterocycles. The lowest BCUT2D eigenvalue weighted by atomic mass is 10.3. The molecule has 0 fully saturated rings. The van der Waals surface area contributed by atoms with Crippen molar-refractivity contribution in [3.8, 4) is 0 Å². The summed E-state index contributed by atoms with van der Waals surface area (Å²) in [6, 6.07) is 0. The first-order chi connectivity index (χ1) is 5.29. The van der Waals surface area contributed by atoms with Crippen molar-refractivity contribution in [3.05, 3.63) is 18.7 Å². The Bertz CT molecular complexity index is 210. The number of imidazole rings is 1. The van der Waals surface area contributed by atoms with Gasteiger partial charge in [0.25, 0.3) is 6.33 Å². The van der Waals surface area contributed by atoms with E-state index < -0.39 is 7.25 Å². The first-order valence-corrected chi connectivity index (χ1v) is 2.94. The molecule has 0 aliphatic heterocycles. The van der Waals surface area contributed by atoms with Crippen LogP contribution in [0.4, 0.5) is 17.3 Å². The summed E-state index contributed by atoms with van der Waals surface area (Å²) in [4.78, 5) is 0. The van der Waals surface area contributed by atoms with Gasteiger partial charge in [-0.2, -0.15) is 0 Å². The predicted molar refractivity (Wildman–Crippen MR) is 35.9 cm³/mol. The third-order valence-corrected chi connectivity index (χ3v) is 0.789. The average Bonchev–Trinajstić information content (AvgIpc) is 2.09. The Hall–Kier alpha value is -1.21. The van der Waals surface area contributed by atoms with Gasteiger partial charge in [-0.3, -0.25) is 5.84 Å². The summed E-state index contributed by atoms with van der Waals surface area (Å²) in [5, 5.41) is 0. The van der Waals surface area contributed by atoms with Crippen LogP contribution in [-0.2, 0) is 7.05 Å². The maximum absolute atomic E-state index is 9.75. The lowest BCUT2D eigenvalue weighted by Crippen LogP contribution is -2.24. The van der Waals surface area contributed by atoms with Gasteiger partial charge in [0.1, 0.15) is 6.20 Å². The van der Waals surface area contributed by atoms with Crippen molar-refractivity contribution in [3.63, 3.8) is 0 Å². The Morgan fingerprint density at radius 3 is 1.83 bits per heavy atom. The SMILES string of the molecule is C[n+]1ccn(N)c1.F[B-](F)(F)F. The number of aromatic nitrogens is 2. The van der Waals surface area contributed by atoms with Gasteiger partial charge >= 0.3 is 7.25 Å². The second-order valence-electron chi connectivity index (χ2n) is 2.02. The van der Waals surface area contributed by atoms with Gasteiger partial charge in [0.05, 0.1) is 7.05 Å². The zero-order chi connectivity index (χ0) is 9.78. The van der Waals surface area contributed by atoms with Crippen LogP contribution in [0.2, 0.25) is 0 Å². The first kappa shape index (κ1) is 10.8. The molecule has 0 aromatic carbocycles. The Morgan fingerprint density at radius 2 is 1.75 bits per heavy atom. The van der Waals surface area contributed by atoms with Crippen LogP contribution in [-0.4, -0.2) is 11.9 Å². The van der Waals surface area contributed by atoms with Crippen LogP contribution < -0.4 is 10.4 Å². The molecule has 70 valence electrons. The van der Waals surface area contributed by atoms with E-state index in [1.807, 2.05) is 17.8 Å². The third-order valence-electron chi connectivity index (χ3n) is 0.789. The van der Waals surface area contributed by atoms with Crippen molar-refractivity contribution >= 4 is 7.25 Å². The van der Waals surface area contributed by atoms with Crippen molar-refractivity contribution in [2.24, 2.45) is 7.05 Å². The molecule has 3 nitrogen and oxygen atoms in total. The van der Waals surface area contributed by atoms with Crippen LogP contribution in [0.15, 0.2) is 18.7 Å². The molecule has 0 bridgehead atoms. The maximum Gasteiger partial charge on any atom is 0.673 e. The number of hydrogen-bond acceptors (Lipinski definition) is 1. The summed E-state index contributed by atoms with van der Waals surface area (Å²) < 4.78 is 42.4. The number of halogens is 4. The highest BCUT2D eigenvalue weighted by molar-refractivity contribution is 6.50. The molecular formula is C4H8BF4N3. The largest absolute Gasteiger partial charge is 0.673 e. The number of nitrogens with two attached hydrogens (primary N) is 1. The van der Waals surface area contributed by atoms with Crippen LogP contribution in [0.5, 0.6) is 0 Å². The first-order valence-electron chi connectivity index (χ1n) is 2.94. The molecule has 1 rings (SSSR count). The molecule has 1 heterocycles. The summed E-state index contributed by atoms with van der Waals surface area (Å²) in [5.41, 5.74) is 0. The zero-order valence-electron chi connectivity index (χ0n) is 6.29. The Kier molecular flexibility index (Phi) is 3.58. The quantitative estimate of drug-likeness (QED) is 0.268. The van der Waals surface area contributed by atoms with E-state index >= 15 is 0 Å². The minimum absolute atomic E-state index is 1.50. The van der Waals surface area contributed by atoms with Crippen molar-refractivity contribution in [2.45, 2.75) is 0 Å². The number of rotatable bonds is 0. The van der Waals surface area contributed by atoms with Gasteiger partial charge in [-0.1, -0.05) is 0 Å². The zero-order valence-corrected chi connectivity index (χ0v) is 6.29. The normalized spacial score (nSPS) is 10.4. The molecule has 8 heteroatoms. The summed E-state index contributed by atoms with van der Waals surface area (Å²) >= 11 is 0. The molecule has 0 saturated heterocycles. The lowest BCUT2D eigenvalue weighted by Gasteiger charge is -1.94. The van der Waals surface area contributed by atoms with Gasteiger partial charge < -0.3 is 17.3 Å². The van der Waals surface area contributed by atoms with Gasteiger partial charge in [0, 0.05) is 0 Å². The molecule has 0 amide bonds.